The van der Waals surface area contributed by atoms with Gasteiger partial charge in [0.1, 0.15) is 0 Å². The van der Waals surface area contributed by atoms with Gasteiger partial charge >= 0.3 is 0 Å². The lowest BCUT2D eigenvalue weighted by atomic mass is 10.0. The van der Waals surface area contributed by atoms with Gasteiger partial charge in [0.15, 0.2) is 12.4 Å². The molecule has 3 heterocycles. The van der Waals surface area contributed by atoms with Crippen LogP contribution < -0.4 is 39.1 Å². The first-order valence-electron chi connectivity index (χ1n) is 7.19. The summed E-state index contributed by atoms with van der Waals surface area (Å²) in [6, 6.07) is 0. The molecule has 12 nitrogen and oxygen atoms in total. The van der Waals surface area contributed by atoms with E-state index in [0.29, 0.717) is 4.57 Å². The maximum atomic E-state index is 12.6. The van der Waals surface area contributed by atoms with Crippen molar-refractivity contribution in [1.82, 2.24) is 13.7 Å². The Morgan fingerprint density at radius 3 is 1.07 bits per heavy atom. The highest BCUT2D eigenvalue weighted by molar-refractivity contribution is 6.25. The van der Waals surface area contributed by atoms with Crippen molar-refractivity contribution in [1.29, 1.82) is 10.5 Å². The Hall–Kier alpha value is -4.42. The van der Waals surface area contributed by atoms with Gasteiger partial charge in [-0.25, -0.2) is 0 Å². The van der Waals surface area contributed by atoms with Gasteiger partial charge in [0.2, 0.25) is 0 Å². The third kappa shape index (κ3) is 1.53. The SMILES string of the molecule is N#Cn1c(=O)c2c3c(=O)n(C#N)c(=O)c3c3c(=O)n(CN)c(=O)c3c2c1=O. The maximum absolute atomic E-state index is 12.6. The van der Waals surface area contributed by atoms with Gasteiger partial charge in [-0.05, 0) is 0 Å². The molecule has 130 valence electrons. The van der Waals surface area contributed by atoms with Gasteiger partial charge < -0.3 is 5.73 Å². The van der Waals surface area contributed by atoms with Crippen molar-refractivity contribution in [3.8, 4) is 12.4 Å². The molecule has 0 atom stereocenters. The summed E-state index contributed by atoms with van der Waals surface area (Å²) in [5.74, 6) is 0. The molecule has 0 bridgehead atoms. The van der Waals surface area contributed by atoms with Crippen LogP contribution in [-0.2, 0) is 6.67 Å². The summed E-state index contributed by atoms with van der Waals surface area (Å²) in [7, 11) is 0. The molecule has 0 radical (unpaired) electrons. The minimum atomic E-state index is -1.23. The summed E-state index contributed by atoms with van der Waals surface area (Å²) in [6.07, 6.45) is 2.64. The standard InChI is InChI=1S/C15H4N6O6/c16-1-19-10(22)4-5(11(19)23)7-9(15(27)21(3-18)13(7)25)8-6(4)12(24)20(2-17)14(8)26/h1,16H2. The fraction of sp³-hybridized carbons (Fsp3) is 0.0667. The molecule has 4 rings (SSSR count). The fourth-order valence-electron chi connectivity index (χ4n) is 3.37. The normalized spacial score (nSPS) is 11.4. The van der Waals surface area contributed by atoms with Crippen molar-refractivity contribution in [3.05, 3.63) is 62.1 Å². The quantitative estimate of drug-likeness (QED) is 0.358. The molecule has 2 N–H and O–H groups in total. The molecule has 0 aliphatic heterocycles. The third-order valence-electron chi connectivity index (χ3n) is 4.47. The number of nitrogens with two attached hydrogens (primary N) is 1. The Morgan fingerprint density at radius 2 is 0.852 bits per heavy atom. The zero-order valence-corrected chi connectivity index (χ0v) is 13.0. The number of nitriles is 2. The first kappa shape index (κ1) is 16.1. The second-order valence-corrected chi connectivity index (χ2v) is 5.56. The van der Waals surface area contributed by atoms with Crippen molar-refractivity contribution in [2.45, 2.75) is 6.67 Å². The van der Waals surface area contributed by atoms with E-state index < -0.39 is 72.3 Å². The van der Waals surface area contributed by atoms with Crippen LogP contribution in [0.15, 0.2) is 28.8 Å². The first-order chi connectivity index (χ1) is 12.8. The van der Waals surface area contributed by atoms with E-state index in [1.807, 2.05) is 0 Å². The van der Waals surface area contributed by atoms with Gasteiger partial charge in [0, 0.05) is 0 Å². The highest BCUT2D eigenvalue weighted by atomic mass is 16.2. The van der Waals surface area contributed by atoms with Crippen molar-refractivity contribution in [2.24, 2.45) is 5.73 Å². The number of fused-ring (bicyclic) bond motifs is 6. The summed E-state index contributed by atoms with van der Waals surface area (Å²) in [4.78, 5) is 75.0. The molecule has 0 aliphatic rings. The molecule has 27 heavy (non-hydrogen) atoms. The Labute approximate surface area is 144 Å². The predicted molar refractivity (Wildman–Crippen MR) is 90.3 cm³/mol. The second kappa shape index (κ2) is 4.81. The van der Waals surface area contributed by atoms with Crippen molar-refractivity contribution < 1.29 is 0 Å². The Morgan fingerprint density at radius 1 is 0.593 bits per heavy atom. The molecule has 0 spiro atoms. The van der Waals surface area contributed by atoms with Crippen molar-refractivity contribution >= 4 is 32.3 Å². The van der Waals surface area contributed by atoms with E-state index in [2.05, 4.69) is 0 Å². The zero-order valence-electron chi connectivity index (χ0n) is 13.0. The van der Waals surface area contributed by atoms with Gasteiger partial charge in [-0.3, -0.25) is 33.3 Å². The van der Waals surface area contributed by atoms with E-state index in [1.54, 1.807) is 0 Å². The Bertz CT molecular complexity index is 1620. The lowest BCUT2D eigenvalue weighted by Gasteiger charge is -1.92. The van der Waals surface area contributed by atoms with Crippen molar-refractivity contribution in [3.63, 3.8) is 0 Å². The van der Waals surface area contributed by atoms with Crippen LogP contribution >= 0.6 is 0 Å². The molecule has 4 aromatic rings. The average Bonchev–Trinajstić information content (AvgIpc) is 3.14. The van der Waals surface area contributed by atoms with Crippen LogP contribution in [0.25, 0.3) is 32.3 Å². The van der Waals surface area contributed by atoms with Gasteiger partial charge in [-0.15, -0.1) is 0 Å². The summed E-state index contributed by atoms with van der Waals surface area (Å²) in [5, 5.41) is 14.3. The number of rotatable bonds is 1. The topological polar surface area (TPSA) is 191 Å². The van der Waals surface area contributed by atoms with E-state index in [1.165, 1.54) is 12.4 Å². The second-order valence-electron chi connectivity index (χ2n) is 5.56. The zero-order chi connectivity index (χ0) is 19.8. The number of nitrogens with zero attached hydrogens (tertiary/aromatic N) is 5. The minimum Gasteiger partial charge on any atom is -0.313 e. The van der Waals surface area contributed by atoms with Gasteiger partial charge in [-0.1, -0.05) is 0 Å². The molecule has 12 heteroatoms. The molecule has 0 aliphatic carbocycles. The first-order valence-corrected chi connectivity index (χ1v) is 7.19. The average molecular weight is 364 g/mol. The molecule has 0 saturated carbocycles. The van der Waals surface area contributed by atoms with Crippen LogP contribution in [0.1, 0.15) is 0 Å². The predicted octanol–water partition coefficient (Wildman–Crippen LogP) is -3.40. The number of benzene rings is 1. The maximum Gasteiger partial charge on any atom is 0.275 e. The molecular weight excluding hydrogens is 360 g/mol. The van der Waals surface area contributed by atoms with Gasteiger partial charge in [0.25, 0.3) is 33.4 Å². The molecular formula is C15H4N6O6. The summed E-state index contributed by atoms with van der Waals surface area (Å²) in [5.41, 5.74) is -1.62. The molecule has 0 saturated heterocycles. The number of aromatic nitrogens is 3. The smallest absolute Gasteiger partial charge is 0.275 e. The fourth-order valence-corrected chi connectivity index (χ4v) is 3.37. The van der Waals surface area contributed by atoms with Gasteiger partial charge in [0.05, 0.1) is 39.0 Å². The summed E-state index contributed by atoms with van der Waals surface area (Å²) >= 11 is 0. The van der Waals surface area contributed by atoms with E-state index in [0.717, 1.165) is 0 Å². The monoisotopic (exact) mass is 364 g/mol. The summed E-state index contributed by atoms with van der Waals surface area (Å²) < 4.78 is 0.715. The van der Waals surface area contributed by atoms with E-state index >= 15 is 0 Å². The minimum absolute atomic E-state index is 0.0981. The van der Waals surface area contributed by atoms with Crippen LogP contribution in [0.3, 0.4) is 0 Å². The van der Waals surface area contributed by atoms with Crippen LogP contribution in [0.2, 0.25) is 0 Å². The molecule has 0 fully saturated rings. The van der Waals surface area contributed by atoms with Crippen LogP contribution in [0.4, 0.5) is 0 Å². The summed E-state index contributed by atoms with van der Waals surface area (Å²) in [6.45, 7) is -0.593. The van der Waals surface area contributed by atoms with Crippen LogP contribution in [0.5, 0.6) is 0 Å². The number of hydrogen-bond acceptors (Lipinski definition) is 9. The molecule has 1 aromatic carbocycles. The van der Waals surface area contributed by atoms with E-state index in [-0.39, 0.29) is 9.13 Å². The highest BCUT2D eigenvalue weighted by Crippen LogP contribution is 2.25. The highest BCUT2D eigenvalue weighted by Gasteiger charge is 2.30. The van der Waals surface area contributed by atoms with Crippen LogP contribution in [0, 0.1) is 22.9 Å². The van der Waals surface area contributed by atoms with Crippen molar-refractivity contribution in [2.75, 3.05) is 0 Å². The largest absolute Gasteiger partial charge is 0.313 e. The molecule has 0 amide bonds. The van der Waals surface area contributed by atoms with E-state index in [4.69, 9.17) is 16.3 Å². The molecule has 3 aromatic heterocycles. The third-order valence-corrected chi connectivity index (χ3v) is 4.47. The lowest BCUT2D eigenvalue weighted by Crippen LogP contribution is -2.29. The Kier molecular flexibility index (Phi) is 2.86. The number of hydrogen-bond donors (Lipinski definition) is 1. The lowest BCUT2D eigenvalue weighted by molar-refractivity contribution is 0.696. The van der Waals surface area contributed by atoms with Gasteiger partial charge in [-0.2, -0.15) is 19.7 Å². The van der Waals surface area contributed by atoms with Crippen LogP contribution in [-0.4, -0.2) is 13.7 Å². The molecule has 0 unspecified atom stereocenters. The van der Waals surface area contributed by atoms with E-state index in [9.17, 15) is 28.8 Å². The Balaban J connectivity index is 2.72.